The van der Waals surface area contributed by atoms with E-state index in [0.717, 1.165) is 5.39 Å². The lowest BCUT2D eigenvalue weighted by Gasteiger charge is -2.43. The molecule has 1 aromatic carbocycles. The van der Waals surface area contributed by atoms with Gasteiger partial charge in [-0.25, -0.2) is 0 Å². The highest BCUT2D eigenvalue weighted by molar-refractivity contribution is 5.96. The zero-order chi connectivity index (χ0) is 15.0. The molecule has 2 heterocycles. The van der Waals surface area contributed by atoms with Gasteiger partial charge in [-0.2, -0.15) is 0 Å². The second-order valence-electron chi connectivity index (χ2n) is 5.17. The van der Waals surface area contributed by atoms with Crippen molar-refractivity contribution in [3.05, 3.63) is 48.7 Å². The molecular formula is C16H16N2O3. The van der Waals surface area contributed by atoms with E-state index in [1.807, 2.05) is 24.3 Å². The summed E-state index contributed by atoms with van der Waals surface area (Å²) in [7, 11) is 1.72. The van der Waals surface area contributed by atoms with Crippen molar-refractivity contribution in [2.75, 3.05) is 20.1 Å². The van der Waals surface area contributed by atoms with Gasteiger partial charge in [-0.3, -0.25) is 9.59 Å². The lowest BCUT2D eigenvalue weighted by atomic mass is 10.1. The van der Waals surface area contributed by atoms with Crippen molar-refractivity contribution in [2.45, 2.75) is 6.04 Å². The summed E-state index contributed by atoms with van der Waals surface area (Å²) in [4.78, 5) is 27.1. The van der Waals surface area contributed by atoms with E-state index in [1.165, 1.54) is 6.08 Å². The van der Waals surface area contributed by atoms with Crippen molar-refractivity contribution in [3.8, 4) is 0 Å². The average molecular weight is 284 g/mol. The number of carbonyl (C=O) groups excluding carboxylic acids is 2. The molecule has 0 N–H and O–H groups in total. The largest absolute Gasteiger partial charge is 0.451 e. The Labute approximate surface area is 122 Å². The van der Waals surface area contributed by atoms with Gasteiger partial charge < -0.3 is 14.2 Å². The number of rotatable bonds is 3. The highest BCUT2D eigenvalue weighted by Gasteiger charge is 2.36. The van der Waals surface area contributed by atoms with Crippen LogP contribution in [0.15, 0.2) is 47.4 Å². The van der Waals surface area contributed by atoms with Gasteiger partial charge in [-0.15, -0.1) is 0 Å². The minimum absolute atomic E-state index is 0.0452. The fourth-order valence-corrected chi connectivity index (χ4v) is 2.43. The molecular weight excluding hydrogens is 268 g/mol. The maximum atomic E-state index is 12.3. The van der Waals surface area contributed by atoms with Gasteiger partial charge in [0.15, 0.2) is 5.76 Å². The van der Waals surface area contributed by atoms with Crippen molar-refractivity contribution in [1.29, 1.82) is 0 Å². The first-order valence-corrected chi connectivity index (χ1v) is 6.77. The van der Waals surface area contributed by atoms with Crippen LogP contribution in [0.4, 0.5) is 0 Å². The first kappa shape index (κ1) is 13.4. The van der Waals surface area contributed by atoms with Gasteiger partial charge in [0, 0.05) is 25.5 Å². The van der Waals surface area contributed by atoms with Crippen LogP contribution in [0.3, 0.4) is 0 Å². The molecule has 5 heteroatoms. The fraction of sp³-hybridized carbons (Fsp3) is 0.250. The summed E-state index contributed by atoms with van der Waals surface area (Å²) in [6.07, 6.45) is 1.28. The molecule has 0 bridgehead atoms. The zero-order valence-electron chi connectivity index (χ0n) is 11.8. The maximum Gasteiger partial charge on any atom is 0.289 e. The number of furan rings is 1. The van der Waals surface area contributed by atoms with Gasteiger partial charge in [-0.05, 0) is 18.2 Å². The van der Waals surface area contributed by atoms with Crippen LogP contribution in [0, 0.1) is 0 Å². The second-order valence-corrected chi connectivity index (χ2v) is 5.17. The molecule has 0 unspecified atom stereocenters. The zero-order valence-corrected chi connectivity index (χ0v) is 11.8. The van der Waals surface area contributed by atoms with Crippen molar-refractivity contribution in [3.63, 3.8) is 0 Å². The Morgan fingerprint density at radius 1 is 1.38 bits per heavy atom. The van der Waals surface area contributed by atoms with Gasteiger partial charge in [-0.1, -0.05) is 24.8 Å². The number of fused-ring (bicyclic) bond motifs is 1. The summed E-state index contributed by atoms with van der Waals surface area (Å²) >= 11 is 0. The Morgan fingerprint density at radius 2 is 2.10 bits per heavy atom. The molecule has 1 aliphatic heterocycles. The molecule has 3 rings (SSSR count). The predicted molar refractivity (Wildman–Crippen MR) is 78.9 cm³/mol. The van der Waals surface area contributed by atoms with Crippen LogP contribution in [0.25, 0.3) is 11.0 Å². The molecule has 0 aliphatic carbocycles. The van der Waals surface area contributed by atoms with Gasteiger partial charge in [0.25, 0.3) is 5.91 Å². The lowest BCUT2D eigenvalue weighted by molar-refractivity contribution is -0.129. The number of para-hydroxylation sites is 1. The van der Waals surface area contributed by atoms with Gasteiger partial charge in [0.2, 0.25) is 5.91 Å². The molecule has 2 aromatic rings. The molecule has 21 heavy (non-hydrogen) atoms. The van der Waals surface area contributed by atoms with Crippen molar-refractivity contribution in [2.24, 2.45) is 0 Å². The smallest absolute Gasteiger partial charge is 0.289 e. The third-order valence-electron chi connectivity index (χ3n) is 3.86. The summed E-state index contributed by atoms with van der Waals surface area (Å²) < 4.78 is 5.56. The molecule has 0 spiro atoms. The molecule has 1 aliphatic rings. The van der Waals surface area contributed by atoms with E-state index in [9.17, 15) is 9.59 Å². The van der Waals surface area contributed by atoms with Crippen LogP contribution in [0.5, 0.6) is 0 Å². The Balaban J connectivity index is 1.68. The average Bonchev–Trinajstić information content (AvgIpc) is 2.88. The van der Waals surface area contributed by atoms with E-state index >= 15 is 0 Å². The van der Waals surface area contributed by atoms with E-state index in [1.54, 1.807) is 22.9 Å². The Kier molecular flexibility index (Phi) is 3.25. The third kappa shape index (κ3) is 2.31. The number of benzene rings is 1. The Hall–Kier alpha value is -2.56. The molecule has 0 radical (unpaired) electrons. The van der Waals surface area contributed by atoms with Crippen molar-refractivity contribution < 1.29 is 14.0 Å². The minimum atomic E-state index is -0.137. The summed E-state index contributed by atoms with van der Waals surface area (Å²) in [5, 5.41) is 0.914. The Bertz CT molecular complexity index is 680. The standard InChI is InChI=1S/C16H16N2O3/c1-3-15(19)17(2)12-9-18(10-12)16(20)14-8-11-6-4-5-7-13(11)21-14/h3-8,12H,1,9-10H2,2H3. The van der Waals surface area contributed by atoms with Crippen molar-refractivity contribution >= 4 is 22.8 Å². The topological polar surface area (TPSA) is 53.8 Å². The molecule has 0 atom stereocenters. The number of likely N-dealkylation sites (N-methyl/N-ethyl adjacent to an activating group) is 1. The summed E-state index contributed by atoms with van der Waals surface area (Å²) in [6.45, 7) is 4.50. The van der Waals surface area contributed by atoms with Crippen LogP contribution in [0.2, 0.25) is 0 Å². The fourth-order valence-electron chi connectivity index (χ4n) is 2.43. The summed E-state index contributed by atoms with van der Waals surface area (Å²) in [5.74, 6) is 0.0742. The first-order chi connectivity index (χ1) is 10.1. The molecule has 2 amide bonds. The second kappa shape index (κ2) is 5.09. The van der Waals surface area contributed by atoms with Gasteiger partial charge in [0.05, 0.1) is 6.04 Å². The van der Waals surface area contributed by atoms with E-state index < -0.39 is 0 Å². The van der Waals surface area contributed by atoms with Crippen LogP contribution in [-0.2, 0) is 4.79 Å². The Morgan fingerprint density at radius 3 is 2.76 bits per heavy atom. The van der Waals surface area contributed by atoms with Gasteiger partial charge in [0.1, 0.15) is 5.58 Å². The highest BCUT2D eigenvalue weighted by Crippen LogP contribution is 2.23. The summed E-state index contributed by atoms with van der Waals surface area (Å²) in [5.41, 5.74) is 0.705. The van der Waals surface area contributed by atoms with Crippen LogP contribution < -0.4 is 0 Å². The van der Waals surface area contributed by atoms with E-state index in [0.29, 0.717) is 24.4 Å². The van der Waals surface area contributed by atoms with Crippen molar-refractivity contribution in [1.82, 2.24) is 9.80 Å². The number of carbonyl (C=O) groups is 2. The van der Waals surface area contributed by atoms with E-state index in [2.05, 4.69) is 6.58 Å². The number of hydrogen-bond acceptors (Lipinski definition) is 3. The highest BCUT2D eigenvalue weighted by atomic mass is 16.3. The first-order valence-electron chi connectivity index (χ1n) is 6.77. The van der Waals surface area contributed by atoms with E-state index in [4.69, 9.17) is 4.42 Å². The number of likely N-dealkylation sites (tertiary alicyclic amines) is 1. The van der Waals surface area contributed by atoms with Crippen LogP contribution in [0.1, 0.15) is 10.6 Å². The molecule has 108 valence electrons. The quantitative estimate of drug-likeness (QED) is 0.809. The number of amides is 2. The maximum absolute atomic E-state index is 12.3. The van der Waals surface area contributed by atoms with E-state index in [-0.39, 0.29) is 17.9 Å². The molecule has 5 nitrogen and oxygen atoms in total. The SMILES string of the molecule is C=CC(=O)N(C)C1CN(C(=O)c2cc3ccccc3o2)C1. The normalized spacial score (nSPS) is 14.8. The monoisotopic (exact) mass is 284 g/mol. The minimum Gasteiger partial charge on any atom is -0.451 e. The number of hydrogen-bond donors (Lipinski definition) is 0. The molecule has 1 fully saturated rings. The molecule has 1 aromatic heterocycles. The summed E-state index contributed by atoms with van der Waals surface area (Å²) in [6, 6.07) is 9.32. The third-order valence-corrected chi connectivity index (χ3v) is 3.86. The molecule has 1 saturated heterocycles. The number of nitrogens with zero attached hydrogens (tertiary/aromatic N) is 2. The van der Waals surface area contributed by atoms with Gasteiger partial charge >= 0.3 is 0 Å². The van der Waals surface area contributed by atoms with Crippen LogP contribution >= 0.6 is 0 Å². The van der Waals surface area contributed by atoms with Crippen LogP contribution in [-0.4, -0.2) is 47.8 Å². The lowest BCUT2D eigenvalue weighted by Crippen LogP contribution is -2.61. The predicted octanol–water partition coefficient (Wildman–Crippen LogP) is 1.90. The molecule has 0 saturated carbocycles.